The minimum atomic E-state index is -0.157. The van der Waals surface area contributed by atoms with Crippen LogP contribution in [0.2, 0.25) is 0 Å². The van der Waals surface area contributed by atoms with Crippen molar-refractivity contribution in [2.24, 2.45) is 5.41 Å². The molecule has 0 fully saturated rings. The largest absolute Gasteiger partial charge is 0.463 e. The maximum atomic E-state index is 11.8. The summed E-state index contributed by atoms with van der Waals surface area (Å²) in [6, 6.07) is 0. The van der Waals surface area contributed by atoms with Gasteiger partial charge in [0, 0.05) is 5.57 Å². The second-order valence-corrected chi connectivity index (χ2v) is 5.44. The highest BCUT2D eigenvalue weighted by Crippen LogP contribution is 2.27. The Morgan fingerprint density at radius 1 is 1.12 bits per heavy atom. The van der Waals surface area contributed by atoms with E-state index in [9.17, 15) is 4.79 Å². The molecule has 0 aromatic carbocycles. The molecule has 0 aliphatic carbocycles. The third kappa shape index (κ3) is 7.19. The lowest BCUT2D eigenvalue weighted by atomic mass is 9.85. The summed E-state index contributed by atoms with van der Waals surface area (Å²) in [5.41, 5.74) is 0.688. The van der Waals surface area contributed by atoms with Crippen LogP contribution < -0.4 is 0 Å². The molecular weight excluding hydrogens is 212 g/mol. The van der Waals surface area contributed by atoms with E-state index in [-0.39, 0.29) is 11.4 Å². The molecule has 100 valence electrons. The summed E-state index contributed by atoms with van der Waals surface area (Å²) < 4.78 is 5.10. The SMILES string of the molecule is CCCCCCC=C(C(=O)OCC)C(C)(C)C. The van der Waals surface area contributed by atoms with Crippen LogP contribution in [0.25, 0.3) is 0 Å². The third-order valence-corrected chi connectivity index (χ3v) is 2.71. The van der Waals surface area contributed by atoms with E-state index in [2.05, 4.69) is 33.8 Å². The first-order valence-electron chi connectivity index (χ1n) is 6.81. The van der Waals surface area contributed by atoms with Gasteiger partial charge in [-0.25, -0.2) is 4.79 Å². The van der Waals surface area contributed by atoms with E-state index in [0.29, 0.717) is 6.61 Å². The minimum Gasteiger partial charge on any atom is -0.463 e. The molecule has 0 saturated carbocycles. The highest BCUT2D eigenvalue weighted by molar-refractivity contribution is 5.89. The Bertz CT molecular complexity index is 246. The van der Waals surface area contributed by atoms with Crippen molar-refractivity contribution in [2.45, 2.75) is 66.7 Å². The van der Waals surface area contributed by atoms with Crippen LogP contribution in [-0.4, -0.2) is 12.6 Å². The fraction of sp³-hybridized carbons (Fsp3) is 0.800. The van der Waals surface area contributed by atoms with Gasteiger partial charge in [-0.15, -0.1) is 0 Å². The number of esters is 1. The number of unbranched alkanes of at least 4 members (excludes halogenated alkanes) is 4. The number of carbonyl (C=O) groups is 1. The van der Waals surface area contributed by atoms with Crippen LogP contribution in [0.5, 0.6) is 0 Å². The van der Waals surface area contributed by atoms with Crippen LogP contribution in [-0.2, 0) is 9.53 Å². The molecule has 0 N–H and O–H groups in total. The van der Waals surface area contributed by atoms with Gasteiger partial charge < -0.3 is 4.74 Å². The summed E-state index contributed by atoms with van der Waals surface area (Å²) >= 11 is 0. The van der Waals surface area contributed by atoms with Gasteiger partial charge in [-0.05, 0) is 25.2 Å². The number of ether oxygens (including phenoxy) is 1. The van der Waals surface area contributed by atoms with Crippen LogP contribution in [0, 0.1) is 5.41 Å². The Morgan fingerprint density at radius 2 is 1.76 bits per heavy atom. The van der Waals surface area contributed by atoms with E-state index in [1.165, 1.54) is 19.3 Å². The molecule has 0 amide bonds. The van der Waals surface area contributed by atoms with Gasteiger partial charge >= 0.3 is 5.97 Å². The topological polar surface area (TPSA) is 26.3 Å². The van der Waals surface area contributed by atoms with Crippen molar-refractivity contribution in [3.05, 3.63) is 11.6 Å². The molecular formula is C15H28O2. The summed E-state index contributed by atoms with van der Waals surface area (Å²) in [4.78, 5) is 11.8. The number of hydrogen-bond donors (Lipinski definition) is 0. The van der Waals surface area contributed by atoms with E-state index in [0.717, 1.165) is 18.4 Å². The summed E-state index contributed by atoms with van der Waals surface area (Å²) in [5, 5.41) is 0. The Morgan fingerprint density at radius 3 is 2.24 bits per heavy atom. The van der Waals surface area contributed by atoms with Gasteiger partial charge in [0.1, 0.15) is 0 Å². The summed E-state index contributed by atoms with van der Waals surface area (Å²) in [6.07, 6.45) is 7.96. The first kappa shape index (κ1) is 16.2. The highest BCUT2D eigenvalue weighted by atomic mass is 16.5. The smallest absolute Gasteiger partial charge is 0.334 e. The molecule has 17 heavy (non-hydrogen) atoms. The molecule has 0 aromatic heterocycles. The first-order chi connectivity index (χ1) is 7.93. The summed E-state index contributed by atoms with van der Waals surface area (Å²) in [7, 11) is 0. The van der Waals surface area contributed by atoms with Gasteiger partial charge in [0.25, 0.3) is 0 Å². The molecule has 0 atom stereocenters. The summed E-state index contributed by atoms with van der Waals surface area (Å²) in [5.74, 6) is -0.157. The van der Waals surface area contributed by atoms with Crippen LogP contribution in [0.4, 0.5) is 0 Å². The zero-order valence-corrected chi connectivity index (χ0v) is 12.1. The van der Waals surface area contributed by atoms with Gasteiger partial charge in [0.15, 0.2) is 0 Å². The van der Waals surface area contributed by atoms with Crippen LogP contribution in [0.3, 0.4) is 0 Å². The van der Waals surface area contributed by atoms with Crippen molar-refractivity contribution in [3.63, 3.8) is 0 Å². The molecule has 0 aromatic rings. The highest BCUT2D eigenvalue weighted by Gasteiger charge is 2.24. The second-order valence-electron chi connectivity index (χ2n) is 5.44. The standard InChI is InChI=1S/C15H28O2/c1-6-8-9-10-11-12-13(15(3,4)5)14(16)17-7-2/h12H,6-11H2,1-5H3. The lowest BCUT2D eigenvalue weighted by Crippen LogP contribution is -2.20. The molecule has 0 heterocycles. The Kier molecular flexibility index (Phi) is 7.94. The zero-order chi connectivity index (χ0) is 13.3. The van der Waals surface area contributed by atoms with Crippen molar-refractivity contribution in [3.8, 4) is 0 Å². The predicted octanol–water partition coefficient (Wildman–Crippen LogP) is 4.49. The molecule has 0 unspecified atom stereocenters. The van der Waals surface area contributed by atoms with Crippen LogP contribution >= 0.6 is 0 Å². The fourth-order valence-electron chi connectivity index (χ4n) is 1.72. The number of hydrogen-bond acceptors (Lipinski definition) is 2. The van der Waals surface area contributed by atoms with Gasteiger partial charge in [-0.3, -0.25) is 0 Å². The average Bonchev–Trinajstić information content (AvgIpc) is 2.21. The maximum absolute atomic E-state index is 11.8. The molecule has 0 aliphatic heterocycles. The third-order valence-electron chi connectivity index (χ3n) is 2.71. The van der Waals surface area contributed by atoms with Gasteiger partial charge in [-0.2, -0.15) is 0 Å². The molecule has 0 radical (unpaired) electrons. The monoisotopic (exact) mass is 240 g/mol. The zero-order valence-electron chi connectivity index (χ0n) is 12.1. The second kappa shape index (κ2) is 8.32. The first-order valence-corrected chi connectivity index (χ1v) is 6.81. The van der Waals surface area contributed by atoms with E-state index in [1.807, 2.05) is 6.92 Å². The fourth-order valence-corrected chi connectivity index (χ4v) is 1.72. The van der Waals surface area contributed by atoms with Crippen LogP contribution in [0.1, 0.15) is 66.7 Å². The Labute approximate surface area is 106 Å². The van der Waals surface area contributed by atoms with E-state index >= 15 is 0 Å². The number of allylic oxidation sites excluding steroid dienone is 1. The molecule has 0 aliphatic rings. The van der Waals surface area contributed by atoms with Crippen LogP contribution in [0.15, 0.2) is 11.6 Å². The van der Waals surface area contributed by atoms with Gasteiger partial charge in [-0.1, -0.05) is 53.0 Å². The van der Waals surface area contributed by atoms with Crippen molar-refractivity contribution in [1.29, 1.82) is 0 Å². The quantitative estimate of drug-likeness (QED) is 0.372. The molecule has 2 heteroatoms. The number of carbonyl (C=O) groups excluding carboxylic acids is 1. The van der Waals surface area contributed by atoms with Crippen molar-refractivity contribution in [2.75, 3.05) is 6.61 Å². The molecule has 0 spiro atoms. The maximum Gasteiger partial charge on any atom is 0.334 e. The van der Waals surface area contributed by atoms with Gasteiger partial charge in [0.05, 0.1) is 6.61 Å². The molecule has 0 bridgehead atoms. The minimum absolute atomic E-state index is 0.128. The van der Waals surface area contributed by atoms with E-state index in [4.69, 9.17) is 4.74 Å². The summed E-state index contributed by atoms with van der Waals surface area (Å²) in [6.45, 7) is 10.7. The molecule has 2 nitrogen and oxygen atoms in total. The van der Waals surface area contributed by atoms with Crippen molar-refractivity contribution >= 4 is 5.97 Å². The lowest BCUT2D eigenvalue weighted by molar-refractivity contribution is -0.139. The Balaban J connectivity index is 4.38. The van der Waals surface area contributed by atoms with Gasteiger partial charge in [0.2, 0.25) is 0 Å². The van der Waals surface area contributed by atoms with Crippen molar-refractivity contribution < 1.29 is 9.53 Å². The van der Waals surface area contributed by atoms with Crippen molar-refractivity contribution in [1.82, 2.24) is 0 Å². The van der Waals surface area contributed by atoms with E-state index in [1.54, 1.807) is 0 Å². The van der Waals surface area contributed by atoms with E-state index < -0.39 is 0 Å². The Hall–Kier alpha value is -0.790. The normalized spacial score (nSPS) is 12.6. The molecule has 0 saturated heterocycles. The number of rotatable bonds is 7. The predicted molar refractivity (Wildman–Crippen MR) is 72.9 cm³/mol. The lowest BCUT2D eigenvalue weighted by Gasteiger charge is -2.21. The average molecular weight is 240 g/mol. The molecule has 0 rings (SSSR count).